The highest BCUT2D eigenvalue weighted by molar-refractivity contribution is 6.33. The minimum atomic E-state index is -0.403. The van der Waals surface area contributed by atoms with Crippen molar-refractivity contribution in [3.8, 4) is 0 Å². The Morgan fingerprint density at radius 1 is 1.58 bits per heavy atom. The van der Waals surface area contributed by atoms with E-state index in [1.807, 2.05) is 0 Å². The van der Waals surface area contributed by atoms with Gasteiger partial charge < -0.3 is 15.0 Å². The molecule has 2 aromatic rings. The predicted octanol–water partition coefficient (Wildman–Crippen LogP) is 0.625. The van der Waals surface area contributed by atoms with E-state index >= 15 is 0 Å². The molecule has 0 spiro atoms. The number of nitrogens with zero attached hydrogens (tertiary/aromatic N) is 4. The molecule has 8 heteroatoms. The summed E-state index contributed by atoms with van der Waals surface area (Å²) in [6.07, 6.45) is 2.47. The van der Waals surface area contributed by atoms with Crippen LogP contribution >= 0.6 is 11.6 Å². The molecule has 0 amide bonds. The average Bonchev–Trinajstić information content (AvgIpc) is 2.79. The van der Waals surface area contributed by atoms with Crippen LogP contribution in [-0.4, -0.2) is 32.1 Å². The molecule has 1 unspecified atom stereocenters. The van der Waals surface area contributed by atoms with Crippen molar-refractivity contribution in [1.29, 1.82) is 0 Å². The van der Waals surface area contributed by atoms with Gasteiger partial charge in [0, 0.05) is 12.5 Å². The second kappa shape index (κ2) is 3.36. The number of imidazole rings is 1. The zero-order valence-electron chi connectivity index (χ0n) is 9.84. The van der Waals surface area contributed by atoms with Gasteiger partial charge in [0.25, 0.3) is 0 Å². The number of hydrogen-bond acceptors (Lipinski definition) is 6. The number of nitrogen functional groups attached to an aromatic ring is 1. The van der Waals surface area contributed by atoms with E-state index in [9.17, 15) is 4.79 Å². The minimum absolute atomic E-state index is 0.0955. The third-order valence-electron chi connectivity index (χ3n) is 3.95. The van der Waals surface area contributed by atoms with Crippen molar-refractivity contribution >= 4 is 34.7 Å². The standard InChI is InChI=1S/C11H10ClN5O2/c12-7-6-8(16-10(13)15-7)17(4-14-6)3-11-1-5(11)2-19-9(11)18/h4-5H,1-3H2,(H2,13,15,16)/t5?,11-/m1/s1. The Morgan fingerprint density at radius 2 is 2.42 bits per heavy atom. The third kappa shape index (κ3) is 1.39. The van der Waals surface area contributed by atoms with Gasteiger partial charge in [0.2, 0.25) is 5.95 Å². The van der Waals surface area contributed by atoms with Crippen LogP contribution in [-0.2, 0) is 16.1 Å². The number of aromatic nitrogens is 4. The third-order valence-corrected chi connectivity index (χ3v) is 4.21. The molecule has 1 aliphatic heterocycles. The maximum absolute atomic E-state index is 11.8. The maximum atomic E-state index is 11.8. The fraction of sp³-hybridized carbons (Fsp3) is 0.455. The van der Waals surface area contributed by atoms with Crippen molar-refractivity contribution in [2.45, 2.75) is 13.0 Å². The lowest BCUT2D eigenvalue weighted by molar-refractivity contribution is -0.145. The molecule has 1 aliphatic carbocycles. The Morgan fingerprint density at radius 3 is 3.11 bits per heavy atom. The van der Waals surface area contributed by atoms with Gasteiger partial charge in [-0.2, -0.15) is 9.97 Å². The van der Waals surface area contributed by atoms with Gasteiger partial charge in [-0.1, -0.05) is 11.6 Å². The van der Waals surface area contributed by atoms with Crippen molar-refractivity contribution in [2.75, 3.05) is 12.3 Å². The predicted molar refractivity (Wildman–Crippen MR) is 66.2 cm³/mol. The highest BCUT2D eigenvalue weighted by Gasteiger charge is 2.66. The van der Waals surface area contributed by atoms with Crippen molar-refractivity contribution in [2.24, 2.45) is 11.3 Å². The van der Waals surface area contributed by atoms with Crippen LogP contribution in [0.5, 0.6) is 0 Å². The van der Waals surface area contributed by atoms with E-state index in [-0.39, 0.29) is 17.1 Å². The molecule has 4 rings (SSSR count). The second-order valence-electron chi connectivity index (χ2n) is 5.07. The van der Waals surface area contributed by atoms with Crippen molar-refractivity contribution in [1.82, 2.24) is 19.5 Å². The summed E-state index contributed by atoms with van der Waals surface area (Å²) in [4.78, 5) is 24.0. The second-order valence-corrected chi connectivity index (χ2v) is 5.43. The first-order valence-corrected chi connectivity index (χ1v) is 6.29. The molecule has 2 aliphatic rings. The van der Waals surface area contributed by atoms with Gasteiger partial charge in [0.1, 0.15) is 5.52 Å². The van der Waals surface area contributed by atoms with Crippen LogP contribution in [0.4, 0.5) is 5.95 Å². The summed E-state index contributed by atoms with van der Waals surface area (Å²) in [5, 5.41) is 0.222. The number of fused-ring (bicyclic) bond motifs is 2. The van der Waals surface area contributed by atoms with Crippen molar-refractivity contribution in [3.63, 3.8) is 0 Å². The number of cyclic esters (lactones) is 1. The van der Waals surface area contributed by atoms with Crippen LogP contribution in [0.3, 0.4) is 0 Å². The summed E-state index contributed by atoms with van der Waals surface area (Å²) < 4.78 is 6.87. The molecule has 3 heterocycles. The summed E-state index contributed by atoms with van der Waals surface area (Å²) in [7, 11) is 0. The molecule has 2 aromatic heterocycles. The largest absolute Gasteiger partial charge is 0.465 e. The van der Waals surface area contributed by atoms with E-state index in [0.29, 0.717) is 30.2 Å². The van der Waals surface area contributed by atoms with Crippen LogP contribution in [0, 0.1) is 11.3 Å². The maximum Gasteiger partial charge on any atom is 0.314 e. The highest BCUT2D eigenvalue weighted by atomic mass is 35.5. The van der Waals surface area contributed by atoms with Gasteiger partial charge in [-0.25, -0.2) is 4.98 Å². The van der Waals surface area contributed by atoms with Gasteiger partial charge in [-0.15, -0.1) is 0 Å². The molecule has 98 valence electrons. The van der Waals surface area contributed by atoms with Crippen LogP contribution in [0.15, 0.2) is 6.33 Å². The molecule has 2 fully saturated rings. The Kier molecular flexibility index (Phi) is 1.94. The van der Waals surface area contributed by atoms with E-state index in [4.69, 9.17) is 22.1 Å². The topological polar surface area (TPSA) is 95.9 Å². The number of anilines is 1. The monoisotopic (exact) mass is 279 g/mol. The fourth-order valence-electron chi connectivity index (χ4n) is 2.77. The smallest absolute Gasteiger partial charge is 0.314 e. The molecule has 1 saturated heterocycles. The molecule has 0 radical (unpaired) electrons. The lowest BCUT2D eigenvalue weighted by Gasteiger charge is -2.10. The minimum Gasteiger partial charge on any atom is -0.465 e. The Hall–Kier alpha value is -1.89. The van der Waals surface area contributed by atoms with E-state index in [1.54, 1.807) is 10.9 Å². The van der Waals surface area contributed by atoms with Gasteiger partial charge in [-0.05, 0) is 6.42 Å². The summed E-state index contributed by atoms with van der Waals surface area (Å²) in [6.45, 7) is 1.02. The summed E-state index contributed by atoms with van der Waals surface area (Å²) in [5.41, 5.74) is 6.24. The molecular formula is C11H10ClN5O2. The van der Waals surface area contributed by atoms with E-state index in [1.165, 1.54) is 0 Å². The Balaban J connectivity index is 1.78. The number of ether oxygens (including phenoxy) is 1. The number of carbonyl (C=O) groups excluding carboxylic acids is 1. The number of carbonyl (C=O) groups is 1. The number of esters is 1. The first-order chi connectivity index (χ1) is 9.10. The molecule has 0 bridgehead atoms. The van der Waals surface area contributed by atoms with E-state index in [0.717, 1.165) is 6.42 Å². The summed E-state index contributed by atoms with van der Waals surface area (Å²) in [5.74, 6) is 0.276. The molecule has 2 N–H and O–H groups in total. The first kappa shape index (κ1) is 11.0. The number of halogens is 1. The molecule has 19 heavy (non-hydrogen) atoms. The Bertz CT molecular complexity index is 714. The van der Waals surface area contributed by atoms with Gasteiger partial charge >= 0.3 is 5.97 Å². The lowest BCUT2D eigenvalue weighted by Crippen LogP contribution is -2.20. The van der Waals surface area contributed by atoms with Gasteiger partial charge in [0.05, 0.1) is 18.3 Å². The van der Waals surface area contributed by atoms with Crippen molar-refractivity contribution in [3.05, 3.63) is 11.5 Å². The quantitative estimate of drug-likeness (QED) is 0.640. The van der Waals surface area contributed by atoms with Crippen LogP contribution in [0.2, 0.25) is 5.15 Å². The van der Waals surface area contributed by atoms with Crippen LogP contribution in [0.25, 0.3) is 11.2 Å². The molecule has 7 nitrogen and oxygen atoms in total. The van der Waals surface area contributed by atoms with Crippen LogP contribution < -0.4 is 5.73 Å². The first-order valence-electron chi connectivity index (χ1n) is 5.91. The van der Waals surface area contributed by atoms with Crippen LogP contribution in [0.1, 0.15) is 6.42 Å². The fourth-order valence-corrected chi connectivity index (χ4v) is 2.99. The van der Waals surface area contributed by atoms with E-state index < -0.39 is 5.41 Å². The average molecular weight is 280 g/mol. The number of rotatable bonds is 2. The SMILES string of the molecule is Nc1nc(Cl)c2ncn(C[C@]34CC3COC4=O)c2n1. The zero-order chi connectivity index (χ0) is 13.2. The van der Waals surface area contributed by atoms with Crippen molar-refractivity contribution < 1.29 is 9.53 Å². The van der Waals surface area contributed by atoms with E-state index in [2.05, 4.69) is 15.0 Å². The molecular weight excluding hydrogens is 270 g/mol. The Labute approximate surface area is 112 Å². The normalized spacial score (nSPS) is 28.5. The molecule has 1 saturated carbocycles. The zero-order valence-corrected chi connectivity index (χ0v) is 10.6. The number of hydrogen-bond donors (Lipinski definition) is 1. The number of nitrogens with two attached hydrogens (primary N) is 1. The summed E-state index contributed by atoms with van der Waals surface area (Å²) in [6, 6.07) is 0. The van der Waals surface area contributed by atoms with Gasteiger partial charge in [0.15, 0.2) is 10.8 Å². The molecule has 0 aromatic carbocycles. The summed E-state index contributed by atoms with van der Waals surface area (Å²) >= 11 is 5.97. The highest BCUT2D eigenvalue weighted by Crippen LogP contribution is 2.58. The van der Waals surface area contributed by atoms with Gasteiger partial charge in [-0.3, -0.25) is 4.79 Å². The lowest BCUT2D eigenvalue weighted by atomic mass is 10.1. The molecule has 2 atom stereocenters.